The summed E-state index contributed by atoms with van der Waals surface area (Å²) in [6.45, 7) is 10.2. The highest BCUT2D eigenvalue weighted by atomic mass is 16.6. The summed E-state index contributed by atoms with van der Waals surface area (Å²) >= 11 is 0. The molecule has 0 aromatic heterocycles. The maximum absolute atomic E-state index is 12.4. The second-order valence-electron chi connectivity index (χ2n) is 9.20. The maximum atomic E-state index is 12.4. The van der Waals surface area contributed by atoms with E-state index in [9.17, 15) is 14.4 Å². The van der Waals surface area contributed by atoms with Crippen molar-refractivity contribution in [3.63, 3.8) is 0 Å². The van der Waals surface area contributed by atoms with Crippen LogP contribution in [0, 0.1) is 11.8 Å². The number of carbonyl (C=O) groups excluding carboxylic acids is 3. The number of nitrogens with one attached hydrogen (secondary N) is 1. The van der Waals surface area contributed by atoms with E-state index in [2.05, 4.69) is 12.2 Å². The van der Waals surface area contributed by atoms with E-state index >= 15 is 0 Å². The number of esters is 1. The number of hydrogen-bond donors (Lipinski definition) is 1. The van der Waals surface area contributed by atoms with Crippen LogP contribution in [0.1, 0.15) is 73.1 Å². The van der Waals surface area contributed by atoms with Gasteiger partial charge in [0.25, 0.3) is 5.91 Å². The highest BCUT2D eigenvalue weighted by Gasteiger charge is 2.33. The minimum atomic E-state index is -0.800. The zero-order valence-corrected chi connectivity index (χ0v) is 18.0. The van der Waals surface area contributed by atoms with Crippen LogP contribution in [0.3, 0.4) is 0 Å². The summed E-state index contributed by atoms with van der Waals surface area (Å²) in [5.41, 5.74) is -0.536. The van der Waals surface area contributed by atoms with Crippen LogP contribution in [0.5, 0.6) is 0 Å². The van der Waals surface area contributed by atoms with Gasteiger partial charge in [0, 0.05) is 19.1 Å². The van der Waals surface area contributed by atoms with Crippen LogP contribution >= 0.6 is 0 Å². The molecule has 1 aliphatic carbocycles. The molecule has 0 radical (unpaired) electrons. The molecule has 160 valence electrons. The van der Waals surface area contributed by atoms with E-state index in [4.69, 9.17) is 9.47 Å². The fourth-order valence-electron chi connectivity index (χ4n) is 3.78. The number of ether oxygens (including phenoxy) is 2. The van der Waals surface area contributed by atoms with E-state index in [0.29, 0.717) is 31.8 Å². The summed E-state index contributed by atoms with van der Waals surface area (Å²) in [6.07, 6.45) is 4.32. The number of amides is 2. The van der Waals surface area contributed by atoms with Gasteiger partial charge in [-0.15, -0.1) is 0 Å². The standard InChI is InChI=1S/C21H36N2O5/c1-14-8-6-7-9-17(14)22-18(24)15(2)27-19(25)16-10-12-23(13-11-16)20(26)28-21(3,4)5/h14-17H,6-13H2,1-5H3,(H,22,24)/t14-,15+,17-/m0/s1. The van der Waals surface area contributed by atoms with Gasteiger partial charge in [0.2, 0.25) is 0 Å². The summed E-state index contributed by atoms with van der Waals surface area (Å²) in [5, 5.41) is 3.03. The average Bonchev–Trinajstić information content (AvgIpc) is 2.62. The summed E-state index contributed by atoms with van der Waals surface area (Å²) < 4.78 is 10.8. The Morgan fingerprint density at radius 2 is 1.64 bits per heavy atom. The van der Waals surface area contributed by atoms with E-state index in [1.165, 1.54) is 6.42 Å². The lowest BCUT2D eigenvalue weighted by Gasteiger charge is -2.33. The number of rotatable bonds is 4. The molecule has 2 amide bonds. The van der Waals surface area contributed by atoms with Crippen LogP contribution in [-0.4, -0.2) is 53.7 Å². The smallest absolute Gasteiger partial charge is 0.410 e. The molecule has 7 heteroatoms. The summed E-state index contributed by atoms with van der Waals surface area (Å²) in [6, 6.07) is 0.166. The van der Waals surface area contributed by atoms with Crippen molar-refractivity contribution in [2.45, 2.75) is 90.9 Å². The third-order valence-electron chi connectivity index (χ3n) is 5.58. The lowest BCUT2D eigenvalue weighted by molar-refractivity contribution is -0.160. The Bertz CT molecular complexity index is 564. The zero-order chi connectivity index (χ0) is 20.9. The van der Waals surface area contributed by atoms with Gasteiger partial charge in [-0.1, -0.05) is 19.8 Å². The normalized spacial score (nSPS) is 25.0. The molecule has 2 rings (SSSR count). The summed E-state index contributed by atoms with van der Waals surface area (Å²) in [7, 11) is 0. The Balaban J connectivity index is 1.75. The van der Waals surface area contributed by atoms with Crippen molar-refractivity contribution >= 4 is 18.0 Å². The highest BCUT2D eigenvalue weighted by molar-refractivity contribution is 5.84. The molecule has 28 heavy (non-hydrogen) atoms. The average molecular weight is 397 g/mol. The molecule has 0 aromatic carbocycles. The SMILES string of the molecule is C[C@@H](OC(=O)C1CCN(C(=O)OC(C)(C)C)CC1)C(=O)N[C@H]1CCCC[C@@H]1C. The van der Waals surface area contributed by atoms with Crippen LogP contribution in [0.25, 0.3) is 0 Å². The first-order valence-electron chi connectivity index (χ1n) is 10.6. The first kappa shape index (κ1) is 22.5. The monoisotopic (exact) mass is 396 g/mol. The highest BCUT2D eigenvalue weighted by Crippen LogP contribution is 2.24. The number of nitrogens with zero attached hydrogens (tertiary/aromatic N) is 1. The second-order valence-corrected chi connectivity index (χ2v) is 9.20. The summed E-state index contributed by atoms with van der Waals surface area (Å²) in [4.78, 5) is 38.6. The largest absolute Gasteiger partial charge is 0.452 e. The van der Waals surface area contributed by atoms with Gasteiger partial charge in [-0.3, -0.25) is 9.59 Å². The molecule has 1 N–H and O–H groups in total. The Labute approximate surface area is 168 Å². The molecule has 2 fully saturated rings. The molecule has 7 nitrogen and oxygen atoms in total. The fraction of sp³-hybridized carbons (Fsp3) is 0.857. The molecule has 0 bridgehead atoms. The van der Waals surface area contributed by atoms with Gasteiger partial charge in [0.1, 0.15) is 5.60 Å². The molecule has 1 saturated heterocycles. The van der Waals surface area contributed by atoms with Gasteiger partial charge < -0.3 is 19.7 Å². The van der Waals surface area contributed by atoms with Crippen LogP contribution in [0.15, 0.2) is 0 Å². The van der Waals surface area contributed by atoms with Crippen molar-refractivity contribution in [1.82, 2.24) is 10.2 Å². The lowest BCUT2D eigenvalue weighted by Crippen LogP contribution is -2.47. The number of hydrogen-bond acceptors (Lipinski definition) is 5. The predicted octanol–water partition coefficient (Wildman–Crippen LogP) is 3.26. The van der Waals surface area contributed by atoms with Crippen molar-refractivity contribution in [2.24, 2.45) is 11.8 Å². The van der Waals surface area contributed by atoms with Crippen LogP contribution < -0.4 is 5.32 Å². The van der Waals surface area contributed by atoms with Crippen molar-refractivity contribution in [3.8, 4) is 0 Å². The molecule has 0 spiro atoms. The molecule has 3 atom stereocenters. The van der Waals surface area contributed by atoms with Gasteiger partial charge in [-0.05, 0) is 59.3 Å². The molecule has 0 unspecified atom stereocenters. The molecule has 1 saturated carbocycles. The molecule has 0 aromatic rings. The van der Waals surface area contributed by atoms with E-state index in [1.54, 1.807) is 11.8 Å². The van der Waals surface area contributed by atoms with Crippen molar-refractivity contribution in [2.75, 3.05) is 13.1 Å². The van der Waals surface area contributed by atoms with E-state index in [0.717, 1.165) is 19.3 Å². The molecular weight excluding hydrogens is 360 g/mol. The van der Waals surface area contributed by atoms with Gasteiger partial charge in [-0.25, -0.2) is 4.79 Å². The van der Waals surface area contributed by atoms with Gasteiger partial charge in [0.15, 0.2) is 6.10 Å². The van der Waals surface area contributed by atoms with E-state index < -0.39 is 11.7 Å². The van der Waals surface area contributed by atoms with Crippen molar-refractivity contribution in [1.29, 1.82) is 0 Å². The topological polar surface area (TPSA) is 84.9 Å². The Kier molecular flexibility index (Phi) is 7.72. The van der Waals surface area contributed by atoms with Crippen LogP contribution in [-0.2, 0) is 19.1 Å². The van der Waals surface area contributed by atoms with Gasteiger partial charge in [-0.2, -0.15) is 0 Å². The first-order valence-corrected chi connectivity index (χ1v) is 10.6. The number of carbonyl (C=O) groups is 3. The van der Waals surface area contributed by atoms with E-state index in [1.807, 2.05) is 20.8 Å². The lowest BCUT2D eigenvalue weighted by atomic mass is 9.86. The Hall–Kier alpha value is -1.79. The minimum Gasteiger partial charge on any atom is -0.452 e. The second kappa shape index (κ2) is 9.61. The maximum Gasteiger partial charge on any atom is 0.410 e. The van der Waals surface area contributed by atoms with Crippen LogP contribution in [0.2, 0.25) is 0 Å². The molecule has 2 aliphatic rings. The molecular formula is C21H36N2O5. The fourth-order valence-corrected chi connectivity index (χ4v) is 3.78. The Morgan fingerprint density at radius 3 is 2.21 bits per heavy atom. The van der Waals surface area contributed by atoms with E-state index in [-0.39, 0.29) is 29.9 Å². The molecule has 1 heterocycles. The van der Waals surface area contributed by atoms with Crippen molar-refractivity contribution < 1.29 is 23.9 Å². The third kappa shape index (κ3) is 6.67. The van der Waals surface area contributed by atoms with Gasteiger partial charge >= 0.3 is 12.1 Å². The van der Waals surface area contributed by atoms with Crippen molar-refractivity contribution in [3.05, 3.63) is 0 Å². The quantitative estimate of drug-likeness (QED) is 0.737. The number of piperidine rings is 1. The Morgan fingerprint density at radius 1 is 1.04 bits per heavy atom. The predicted molar refractivity (Wildman–Crippen MR) is 106 cm³/mol. The first-order chi connectivity index (χ1) is 13.1. The molecule has 1 aliphatic heterocycles. The third-order valence-corrected chi connectivity index (χ3v) is 5.58. The van der Waals surface area contributed by atoms with Crippen LogP contribution in [0.4, 0.5) is 4.79 Å². The zero-order valence-electron chi connectivity index (χ0n) is 18.0. The minimum absolute atomic E-state index is 0.166. The summed E-state index contributed by atoms with van der Waals surface area (Å²) in [5.74, 6) is -0.415. The van der Waals surface area contributed by atoms with Gasteiger partial charge in [0.05, 0.1) is 5.92 Å². The number of likely N-dealkylation sites (tertiary alicyclic amines) is 1.